The van der Waals surface area contributed by atoms with Crippen LogP contribution >= 0.6 is 11.3 Å². The van der Waals surface area contributed by atoms with E-state index in [2.05, 4.69) is 10.3 Å². The van der Waals surface area contributed by atoms with Crippen LogP contribution in [0.3, 0.4) is 0 Å². The molecular formula is C13H18N2O2S. The van der Waals surface area contributed by atoms with Crippen LogP contribution < -0.4 is 5.32 Å². The molecule has 0 aromatic carbocycles. The standard InChI is InChI=1S/C13H18N2O2S/c1-7-10(12(16)17-2)14-13(18-7)15-11(8-3-4-8)9-5-6-9/h8-9,11H,3-6H2,1-2H3,(H,14,15). The maximum Gasteiger partial charge on any atom is 0.357 e. The van der Waals surface area contributed by atoms with E-state index in [4.69, 9.17) is 4.74 Å². The number of aromatic nitrogens is 1. The highest BCUT2D eigenvalue weighted by Gasteiger charge is 2.41. The number of methoxy groups -OCH3 is 1. The molecule has 4 nitrogen and oxygen atoms in total. The molecule has 18 heavy (non-hydrogen) atoms. The van der Waals surface area contributed by atoms with Crippen LogP contribution in [0, 0.1) is 18.8 Å². The van der Waals surface area contributed by atoms with Gasteiger partial charge in [0.2, 0.25) is 0 Å². The highest BCUT2D eigenvalue weighted by Crippen LogP contribution is 2.46. The monoisotopic (exact) mass is 266 g/mol. The topological polar surface area (TPSA) is 51.2 Å². The van der Waals surface area contributed by atoms with Gasteiger partial charge in [-0.15, -0.1) is 11.3 Å². The smallest absolute Gasteiger partial charge is 0.357 e. The lowest BCUT2D eigenvalue weighted by Crippen LogP contribution is -2.24. The van der Waals surface area contributed by atoms with Gasteiger partial charge < -0.3 is 10.1 Å². The van der Waals surface area contributed by atoms with Crippen molar-refractivity contribution in [3.05, 3.63) is 10.6 Å². The zero-order valence-corrected chi connectivity index (χ0v) is 11.5. The maximum atomic E-state index is 11.5. The van der Waals surface area contributed by atoms with Crippen molar-refractivity contribution in [2.24, 2.45) is 11.8 Å². The first-order valence-electron chi connectivity index (χ1n) is 6.51. The van der Waals surface area contributed by atoms with Crippen LogP contribution in [-0.4, -0.2) is 24.1 Å². The van der Waals surface area contributed by atoms with E-state index >= 15 is 0 Å². The molecule has 0 saturated heterocycles. The third-order valence-electron chi connectivity index (χ3n) is 3.73. The van der Waals surface area contributed by atoms with Crippen LogP contribution in [0.4, 0.5) is 5.13 Å². The molecule has 0 amide bonds. The van der Waals surface area contributed by atoms with E-state index in [-0.39, 0.29) is 5.97 Å². The number of rotatable bonds is 5. The molecule has 0 bridgehead atoms. The number of ether oxygens (including phenoxy) is 1. The first kappa shape index (κ1) is 12.0. The van der Waals surface area contributed by atoms with Gasteiger partial charge in [-0.05, 0) is 44.4 Å². The van der Waals surface area contributed by atoms with Crippen LogP contribution in [0.5, 0.6) is 0 Å². The van der Waals surface area contributed by atoms with Gasteiger partial charge in [-0.25, -0.2) is 9.78 Å². The minimum Gasteiger partial charge on any atom is -0.464 e. The number of nitrogens with one attached hydrogen (secondary N) is 1. The highest BCUT2D eigenvalue weighted by atomic mass is 32.1. The highest BCUT2D eigenvalue weighted by molar-refractivity contribution is 7.15. The Bertz CT molecular complexity index is 452. The molecule has 0 aliphatic heterocycles. The first-order chi connectivity index (χ1) is 8.69. The van der Waals surface area contributed by atoms with Crippen molar-refractivity contribution in [2.75, 3.05) is 12.4 Å². The Labute approximate surface area is 111 Å². The minimum absolute atomic E-state index is 0.341. The SMILES string of the molecule is COC(=O)c1nc(NC(C2CC2)C2CC2)sc1C. The number of esters is 1. The van der Waals surface area contributed by atoms with Crippen molar-refractivity contribution in [3.63, 3.8) is 0 Å². The molecule has 1 aromatic heterocycles. The average Bonchev–Trinajstić information content (AvgIpc) is 3.24. The van der Waals surface area contributed by atoms with Crippen LogP contribution in [0.25, 0.3) is 0 Å². The lowest BCUT2D eigenvalue weighted by Gasteiger charge is -2.16. The summed E-state index contributed by atoms with van der Waals surface area (Å²) in [5, 5.41) is 4.41. The third kappa shape index (κ3) is 2.36. The van der Waals surface area contributed by atoms with E-state index < -0.39 is 0 Å². The Morgan fingerprint density at radius 2 is 2.00 bits per heavy atom. The van der Waals surface area contributed by atoms with E-state index in [1.165, 1.54) is 32.8 Å². The molecule has 2 aliphatic rings. The molecule has 3 rings (SSSR count). The molecule has 0 radical (unpaired) electrons. The molecular weight excluding hydrogens is 248 g/mol. The molecule has 1 N–H and O–H groups in total. The third-order valence-corrected chi connectivity index (χ3v) is 4.63. The van der Waals surface area contributed by atoms with Gasteiger partial charge in [-0.3, -0.25) is 0 Å². The van der Waals surface area contributed by atoms with E-state index in [1.54, 1.807) is 11.3 Å². The molecule has 2 fully saturated rings. The molecule has 0 atom stereocenters. The van der Waals surface area contributed by atoms with Crippen LogP contribution in [0.1, 0.15) is 41.0 Å². The molecule has 1 heterocycles. The number of hydrogen-bond acceptors (Lipinski definition) is 5. The predicted molar refractivity (Wildman–Crippen MR) is 71.0 cm³/mol. The second kappa shape index (κ2) is 4.53. The summed E-state index contributed by atoms with van der Waals surface area (Å²) in [6.45, 7) is 1.92. The zero-order valence-electron chi connectivity index (χ0n) is 10.7. The summed E-state index contributed by atoms with van der Waals surface area (Å²) in [7, 11) is 1.39. The Balaban J connectivity index is 1.73. The fourth-order valence-electron chi connectivity index (χ4n) is 2.42. The fraction of sp³-hybridized carbons (Fsp3) is 0.692. The van der Waals surface area contributed by atoms with Gasteiger partial charge in [0.15, 0.2) is 10.8 Å². The fourth-order valence-corrected chi connectivity index (χ4v) is 3.27. The summed E-state index contributed by atoms with van der Waals surface area (Å²) >= 11 is 1.55. The maximum absolute atomic E-state index is 11.5. The van der Waals surface area contributed by atoms with Gasteiger partial charge in [-0.2, -0.15) is 0 Å². The van der Waals surface area contributed by atoms with E-state index in [0.29, 0.717) is 11.7 Å². The lowest BCUT2D eigenvalue weighted by molar-refractivity contribution is 0.0594. The van der Waals surface area contributed by atoms with Crippen LogP contribution in [0.2, 0.25) is 0 Å². The first-order valence-corrected chi connectivity index (χ1v) is 7.33. The van der Waals surface area contributed by atoms with Gasteiger partial charge >= 0.3 is 5.97 Å². The summed E-state index contributed by atoms with van der Waals surface area (Å²) in [4.78, 5) is 16.8. The van der Waals surface area contributed by atoms with Gasteiger partial charge in [0.05, 0.1) is 7.11 Å². The molecule has 2 saturated carbocycles. The van der Waals surface area contributed by atoms with Crippen molar-refractivity contribution < 1.29 is 9.53 Å². The number of thiazole rings is 1. The van der Waals surface area contributed by atoms with Crippen molar-refractivity contribution in [2.45, 2.75) is 38.6 Å². The number of aryl methyl sites for hydroxylation is 1. The summed E-state index contributed by atoms with van der Waals surface area (Å²) in [5.41, 5.74) is 0.454. The summed E-state index contributed by atoms with van der Waals surface area (Å²) < 4.78 is 4.73. The minimum atomic E-state index is -0.341. The number of anilines is 1. The second-order valence-electron chi connectivity index (χ2n) is 5.26. The summed E-state index contributed by atoms with van der Waals surface area (Å²) in [6.07, 6.45) is 5.34. The quantitative estimate of drug-likeness (QED) is 0.833. The Kier molecular flexibility index (Phi) is 3.01. The lowest BCUT2D eigenvalue weighted by atomic mass is 10.1. The predicted octanol–water partition coefficient (Wildman–Crippen LogP) is 2.84. The van der Waals surface area contributed by atoms with E-state index in [9.17, 15) is 4.79 Å². The normalized spacial score (nSPS) is 19.1. The number of carbonyl (C=O) groups excluding carboxylic acids is 1. The number of nitrogens with zero attached hydrogens (tertiary/aromatic N) is 1. The molecule has 5 heteroatoms. The summed E-state index contributed by atoms with van der Waals surface area (Å²) in [6, 6.07) is 0.570. The van der Waals surface area contributed by atoms with E-state index in [1.807, 2.05) is 6.92 Å². The van der Waals surface area contributed by atoms with Crippen molar-refractivity contribution in [1.29, 1.82) is 0 Å². The average molecular weight is 266 g/mol. The van der Waals surface area contributed by atoms with Crippen molar-refractivity contribution in [3.8, 4) is 0 Å². The largest absolute Gasteiger partial charge is 0.464 e. The second-order valence-corrected chi connectivity index (χ2v) is 6.46. The molecule has 1 aromatic rings. The molecule has 0 spiro atoms. The Morgan fingerprint density at radius 1 is 1.39 bits per heavy atom. The molecule has 98 valence electrons. The zero-order chi connectivity index (χ0) is 12.7. The van der Waals surface area contributed by atoms with Crippen molar-refractivity contribution in [1.82, 2.24) is 4.98 Å². The van der Waals surface area contributed by atoms with Gasteiger partial charge in [0.25, 0.3) is 0 Å². The number of hydrogen-bond donors (Lipinski definition) is 1. The Hall–Kier alpha value is -1.10. The summed E-state index contributed by atoms with van der Waals surface area (Å²) in [5.74, 6) is 1.30. The van der Waals surface area contributed by atoms with Gasteiger partial charge in [0.1, 0.15) is 0 Å². The molecule has 2 aliphatic carbocycles. The Morgan fingerprint density at radius 3 is 2.50 bits per heavy atom. The van der Waals surface area contributed by atoms with Gasteiger partial charge in [0, 0.05) is 10.9 Å². The number of carbonyl (C=O) groups is 1. The van der Waals surface area contributed by atoms with Crippen molar-refractivity contribution >= 4 is 22.4 Å². The van der Waals surface area contributed by atoms with Gasteiger partial charge in [-0.1, -0.05) is 0 Å². The molecule has 0 unspecified atom stereocenters. The van der Waals surface area contributed by atoms with Crippen LogP contribution in [0.15, 0.2) is 0 Å². The van der Waals surface area contributed by atoms with Crippen LogP contribution in [-0.2, 0) is 4.74 Å². The van der Waals surface area contributed by atoms with E-state index in [0.717, 1.165) is 21.8 Å².